The van der Waals surface area contributed by atoms with Crippen LogP contribution in [-0.4, -0.2) is 29.2 Å². The number of nitrogens with zero attached hydrogens (tertiary/aromatic N) is 1. The molecule has 33 heavy (non-hydrogen) atoms. The molecule has 2 aliphatic heterocycles. The van der Waals surface area contributed by atoms with Gasteiger partial charge in [0.05, 0.1) is 17.0 Å². The van der Waals surface area contributed by atoms with Crippen LogP contribution in [0.3, 0.4) is 0 Å². The number of hydrogen-bond acceptors (Lipinski definition) is 3. The van der Waals surface area contributed by atoms with Gasteiger partial charge in [-0.1, -0.05) is 47.6 Å². The van der Waals surface area contributed by atoms with Crippen LogP contribution in [0.2, 0.25) is 0 Å². The van der Waals surface area contributed by atoms with Crippen molar-refractivity contribution in [3.8, 4) is 0 Å². The number of fused-ring (bicyclic) bond motifs is 2. The molecular formula is C28H30N2O3. The smallest absolute Gasteiger partial charge is 0.261 e. The molecule has 0 bridgehead atoms. The van der Waals surface area contributed by atoms with E-state index in [9.17, 15) is 14.4 Å². The average molecular weight is 443 g/mol. The molecule has 3 amide bonds. The molecule has 0 aliphatic carbocycles. The lowest BCUT2D eigenvalue weighted by molar-refractivity contribution is -0.117. The van der Waals surface area contributed by atoms with Crippen LogP contribution >= 0.6 is 0 Å². The first kappa shape index (κ1) is 22.7. The highest BCUT2D eigenvalue weighted by Gasteiger charge is 2.38. The Morgan fingerprint density at radius 3 is 2.30 bits per heavy atom. The van der Waals surface area contributed by atoms with Gasteiger partial charge in [-0.05, 0) is 75.8 Å². The largest absolute Gasteiger partial charge is 0.325 e. The summed E-state index contributed by atoms with van der Waals surface area (Å²) in [6.45, 7) is 6.58. The first-order valence-corrected chi connectivity index (χ1v) is 11.5. The summed E-state index contributed by atoms with van der Waals surface area (Å²) >= 11 is 0. The van der Waals surface area contributed by atoms with Gasteiger partial charge in [-0.15, -0.1) is 0 Å². The van der Waals surface area contributed by atoms with Gasteiger partial charge in [-0.3, -0.25) is 19.3 Å². The lowest BCUT2D eigenvalue weighted by Gasteiger charge is -2.18. The van der Waals surface area contributed by atoms with Gasteiger partial charge in [0.1, 0.15) is 0 Å². The topological polar surface area (TPSA) is 66.5 Å². The minimum atomic E-state index is -0.375. The zero-order valence-corrected chi connectivity index (χ0v) is 19.5. The van der Waals surface area contributed by atoms with Crippen LogP contribution in [-0.2, 0) is 11.2 Å². The summed E-state index contributed by atoms with van der Waals surface area (Å²) in [6.07, 6.45) is 7.68. The fourth-order valence-electron chi connectivity index (χ4n) is 4.61. The van der Waals surface area contributed by atoms with E-state index >= 15 is 0 Å². The van der Waals surface area contributed by atoms with Gasteiger partial charge < -0.3 is 5.32 Å². The second-order valence-electron chi connectivity index (χ2n) is 9.09. The van der Waals surface area contributed by atoms with E-state index in [1.54, 1.807) is 24.3 Å². The standard InChI is InChI=1S/C28H30N2O3/c1-18(2)8-6-9-19(3)14-15-20-10-7-13-24-25(20)23(26(31)29-24)16-17-30-27(32)21-11-4-5-12-22(21)28(30)33/h4-5,7-8,10-14,23H,6,9,15-17H2,1-3H3,(H,29,31)/b19-14+. The molecule has 0 saturated heterocycles. The highest BCUT2D eigenvalue weighted by Crippen LogP contribution is 2.38. The second kappa shape index (κ2) is 9.57. The van der Waals surface area contributed by atoms with Gasteiger partial charge in [0.2, 0.25) is 5.91 Å². The molecule has 0 fully saturated rings. The molecule has 5 nitrogen and oxygen atoms in total. The fourth-order valence-corrected chi connectivity index (χ4v) is 4.61. The molecule has 2 heterocycles. The molecule has 1 atom stereocenters. The highest BCUT2D eigenvalue weighted by atomic mass is 16.2. The molecule has 170 valence electrons. The number of imide groups is 1. The van der Waals surface area contributed by atoms with Crippen LogP contribution < -0.4 is 5.32 Å². The summed E-state index contributed by atoms with van der Waals surface area (Å²) in [4.78, 5) is 39.5. The van der Waals surface area contributed by atoms with Gasteiger partial charge in [0.15, 0.2) is 0 Å². The molecule has 5 heteroatoms. The Morgan fingerprint density at radius 1 is 0.939 bits per heavy atom. The molecule has 0 saturated carbocycles. The molecule has 0 aromatic heterocycles. The van der Waals surface area contributed by atoms with E-state index in [0.29, 0.717) is 17.5 Å². The number of anilines is 1. The summed E-state index contributed by atoms with van der Waals surface area (Å²) in [7, 11) is 0. The fraction of sp³-hybridized carbons (Fsp3) is 0.321. The Labute approximate surface area is 195 Å². The predicted molar refractivity (Wildman–Crippen MR) is 130 cm³/mol. The van der Waals surface area contributed by atoms with E-state index in [1.807, 2.05) is 12.1 Å². The number of benzene rings is 2. The van der Waals surface area contributed by atoms with Crippen molar-refractivity contribution >= 4 is 23.4 Å². The summed E-state index contributed by atoms with van der Waals surface area (Å²) in [5.74, 6) is -1.01. The van der Waals surface area contributed by atoms with Crippen LogP contribution in [0.5, 0.6) is 0 Å². The van der Waals surface area contributed by atoms with E-state index in [0.717, 1.165) is 36.1 Å². The Hall–Kier alpha value is -3.47. The van der Waals surface area contributed by atoms with Crippen LogP contribution in [0.4, 0.5) is 5.69 Å². The van der Waals surface area contributed by atoms with Gasteiger partial charge in [0, 0.05) is 12.2 Å². The third-order valence-electron chi connectivity index (χ3n) is 6.40. The van der Waals surface area contributed by atoms with Crippen molar-refractivity contribution in [1.29, 1.82) is 0 Å². The van der Waals surface area contributed by atoms with E-state index in [-0.39, 0.29) is 30.2 Å². The number of nitrogens with one attached hydrogen (secondary N) is 1. The third kappa shape index (κ3) is 4.68. The molecule has 0 radical (unpaired) electrons. The van der Waals surface area contributed by atoms with Crippen LogP contribution in [0, 0.1) is 0 Å². The third-order valence-corrected chi connectivity index (χ3v) is 6.40. The molecule has 1 N–H and O–H groups in total. The first-order valence-electron chi connectivity index (χ1n) is 11.5. The number of hydrogen-bond donors (Lipinski definition) is 1. The summed E-state index contributed by atoms with van der Waals surface area (Å²) in [5.41, 5.74) is 6.47. The van der Waals surface area contributed by atoms with E-state index < -0.39 is 0 Å². The van der Waals surface area contributed by atoms with Crippen molar-refractivity contribution in [3.05, 3.63) is 88.0 Å². The van der Waals surface area contributed by atoms with Crippen molar-refractivity contribution in [2.75, 3.05) is 11.9 Å². The maximum Gasteiger partial charge on any atom is 0.261 e. The Bertz CT molecular complexity index is 1140. The maximum atomic E-state index is 12.8. The maximum absolute atomic E-state index is 12.8. The number of amides is 3. The molecule has 2 aromatic carbocycles. The van der Waals surface area contributed by atoms with Crippen molar-refractivity contribution in [2.24, 2.45) is 0 Å². The van der Waals surface area contributed by atoms with Crippen molar-refractivity contribution < 1.29 is 14.4 Å². The van der Waals surface area contributed by atoms with Crippen molar-refractivity contribution in [1.82, 2.24) is 4.90 Å². The molecule has 2 aliphatic rings. The number of carbonyl (C=O) groups excluding carboxylic acids is 3. The number of rotatable bonds is 8. The van der Waals surface area contributed by atoms with Gasteiger partial charge >= 0.3 is 0 Å². The Balaban J connectivity index is 1.48. The van der Waals surface area contributed by atoms with Crippen LogP contribution in [0.25, 0.3) is 0 Å². The molecule has 0 spiro atoms. The Kier molecular flexibility index (Phi) is 6.59. The summed E-state index contributed by atoms with van der Waals surface area (Å²) < 4.78 is 0. The van der Waals surface area contributed by atoms with E-state index in [2.05, 4.69) is 44.3 Å². The molecule has 1 unspecified atom stereocenters. The first-order chi connectivity index (χ1) is 15.9. The highest BCUT2D eigenvalue weighted by molar-refractivity contribution is 6.21. The minimum Gasteiger partial charge on any atom is -0.325 e. The minimum absolute atomic E-state index is 0.0710. The zero-order valence-electron chi connectivity index (χ0n) is 19.5. The number of allylic oxidation sites excluding steroid dienone is 4. The van der Waals surface area contributed by atoms with Crippen LogP contribution in [0.1, 0.15) is 77.8 Å². The monoisotopic (exact) mass is 442 g/mol. The van der Waals surface area contributed by atoms with Gasteiger partial charge in [-0.2, -0.15) is 0 Å². The van der Waals surface area contributed by atoms with E-state index in [4.69, 9.17) is 0 Å². The second-order valence-corrected chi connectivity index (χ2v) is 9.09. The molecule has 2 aromatic rings. The summed E-state index contributed by atoms with van der Waals surface area (Å²) in [6, 6.07) is 12.8. The SMILES string of the molecule is CC(C)=CCC/C(C)=C/Cc1cccc2c1C(CCN1C(=O)c3ccccc3C1=O)C(=O)N2. The normalized spacial score (nSPS) is 17.2. The van der Waals surface area contributed by atoms with Gasteiger partial charge in [0.25, 0.3) is 11.8 Å². The quantitative estimate of drug-likeness (QED) is 0.425. The molecule has 4 rings (SSSR count). The lowest BCUT2D eigenvalue weighted by Crippen LogP contribution is -2.32. The van der Waals surface area contributed by atoms with Crippen LogP contribution in [0.15, 0.2) is 65.8 Å². The van der Waals surface area contributed by atoms with Crippen molar-refractivity contribution in [3.63, 3.8) is 0 Å². The Morgan fingerprint density at radius 2 is 1.64 bits per heavy atom. The van der Waals surface area contributed by atoms with Crippen molar-refractivity contribution in [2.45, 2.75) is 52.4 Å². The van der Waals surface area contributed by atoms with E-state index in [1.165, 1.54) is 16.0 Å². The average Bonchev–Trinajstić information content (AvgIpc) is 3.24. The predicted octanol–water partition coefficient (Wildman–Crippen LogP) is 5.64. The zero-order chi connectivity index (χ0) is 23.5. The molecular weight excluding hydrogens is 412 g/mol. The lowest BCUT2D eigenvalue weighted by atomic mass is 9.90. The summed E-state index contributed by atoms with van der Waals surface area (Å²) in [5, 5.41) is 2.98. The number of carbonyl (C=O) groups is 3. The van der Waals surface area contributed by atoms with Gasteiger partial charge in [-0.25, -0.2) is 0 Å².